The highest BCUT2D eigenvalue weighted by atomic mass is 16.7. The van der Waals surface area contributed by atoms with Crippen molar-refractivity contribution >= 4 is 5.91 Å². The van der Waals surface area contributed by atoms with Crippen LogP contribution in [0.5, 0.6) is 0 Å². The summed E-state index contributed by atoms with van der Waals surface area (Å²) in [5.41, 5.74) is 0. The Kier molecular flexibility index (Phi) is 43.6. The molecule has 0 aromatic heterocycles. The monoisotopic (exact) mass is 958 g/mol. The van der Waals surface area contributed by atoms with Crippen molar-refractivity contribution in [3.8, 4) is 0 Å². The van der Waals surface area contributed by atoms with Crippen LogP contribution in [-0.2, 0) is 14.3 Å². The number of aliphatic hydroxyl groups is 5. The number of carbonyl (C=O) groups is 1. The van der Waals surface area contributed by atoms with Crippen molar-refractivity contribution in [2.24, 2.45) is 0 Å². The summed E-state index contributed by atoms with van der Waals surface area (Å²) in [4.78, 5) is 13.0. The second-order valence-electron chi connectivity index (χ2n) is 17.6. The van der Waals surface area contributed by atoms with Gasteiger partial charge in [-0.25, -0.2) is 0 Å². The minimum Gasteiger partial charge on any atom is -0.394 e. The van der Waals surface area contributed by atoms with Gasteiger partial charge in [0.2, 0.25) is 5.91 Å². The molecule has 1 amide bonds. The molecule has 0 bridgehead atoms. The Bertz CT molecular complexity index is 1580. The van der Waals surface area contributed by atoms with Crippen LogP contribution in [-0.4, -0.2) is 87.5 Å². The number of rotatable bonds is 42. The molecule has 9 nitrogen and oxygen atoms in total. The first kappa shape index (κ1) is 63.1. The Hall–Kier alpha value is -3.93. The van der Waals surface area contributed by atoms with Crippen molar-refractivity contribution < 1.29 is 39.8 Å². The van der Waals surface area contributed by atoms with Crippen molar-refractivity contribution in [2.45, 2.75) is 211 Å². The van der Waals surface area contributed by atoms with Gasteiger partial charge in [0.05, 0.1) is 25.4 Å². The summed E-state index contributed by atoms with van der Waals surface area (Å²) in [6.45, 7) is 3.58. The van der Waals surface area contributed by atoms with Crippen LogP contribution >= 0.6 is 0 Å². The summed E-state index contributed by atoms with van der Waals surface area (Å²) in [5, 5.41) is 54.3. The van der Waals surface area contributed by atoms with Gasteiger partial charge in [0.1, 0.15) is 24.4 Å². The Morgan fingerprint density at radius 2 is 0.913 bits per heavy atom. The van der Waals surface area contributed by atoms with Gasteiger partial charge in [-0.3, -0.25) is 4.79 Å². The third-order valence-corrected chi connectivity index (χ3v) is 11.4. The lowest BCUT2D eigenvalue weighted by atomic mass is 9.99. The van der Waals surface area contributed by atoms with E-state index < -0.39 is 49.5 Å². The fraction of sp³-hybridized carbons (Fsp3) is 0.583. The van der Waals surface area contributed by atoms with E-state index in [4.69, 9.17) is 9.47 Å². The van der Waals surface area contributed by atoms with Crippen molar-refractivity contribution in [2.75, 3.05) is 13.2 Å². The summed E-state index contributed by atoms with van der Waals surface area (Å²) in [6.07, 6.45) is 67.6. The lowest BCUT2D eigenvalue weighted by Gasteiger charge is -2.40. The predicted octanol–water partition coefficient (Wildman–Crippen LogP) is 12.7. The molecule has 7 unspecified atom stereocenters. The minimum atomic E-state index is -1.59. The first-order chi connectivity index (χ1) is 33.8. The molecule has 1 saturated heterocycles. The average Bonchev–Trinajstić information content (AvgIpc) is 3.35. The van der Waals surface area contributed by atoms with Gasteiger partial charge in [0.25, 0.3) is 0 Å². The molecule has 388 valence electrons. The highest BCUT2D eigenvalue weighted by molar-refractivity contribution is 5.76. The number of carbonyl (C=O) groups excluding carboxylic acids is 1. The summed E-state index contributed by atoms with van der Waals surface area (Å²) >= 11 is 0. The summed E-state index contributed by atoms with van der Waals surface area (Å²) in [5.74, 6) is -0.256. The maximum Gasteiger partial charge on any atom is 0.220 e. The first-order valence-corrected chi connectivity index (χ1v) is 26.6. The second kappa shape index (κ2) is 47.7. The Morgan fingerprint density at radius 1 is 0.507 bits per heavy atom. The third-order valence-electron chi connectivity index (χ3n) is 11.4. The van der Waals surface area contributed by atoms with Crippen molar-refractivity contribution in [3.05, 3.63) is 146 Å². The number of hydrogen-bond donors (Lipinski definition) is 6. The van der Waals surface area contributed by atoms with E-state index in [1.54, 1.807) is 6.08 Å². The zero-order valence-electron chi connectivity index (χ0n) is 42.7. The van der Waals surface area contributed by atoms with Crippen LogP contribution in [0.2, 0.25) is 0 Å². The molecule has 0 aliphatic carbocycles. The zero-order valence-corrected chi connectivity index (χ0v) is 42.7. The molecule has 1 aliphatic heterocycles. The van der Waals surface area contributed by atoms with E-state index in [-0.39, 0.29) is 18.9 Å². The van der Waals surface area contributed by atoms with Crippen LogP contribution in [0.25, 0.3) is 0 Å². The number of amides is 1. The van der Waals surface area contributed by atoms with Gasteiger partial charge in [-0.05, 0) is 109 Å². The molecule has 1 rings (SSSR count). The number of ether oxygens (including phenoxy) is 2. The van der Waals surface area contributed by atoms with E-state index >= 15 is 0 Å². The average molecular weight is 958 g/mol. The van der Waals surface area contributed by atoms with E-state index in [9.17, 15) is 30.3 Å². The van der Waals surface area contributed by atoms with E-state index in [2.05, 4.69) is 153 Å². The molecule has 0 aromatic rings. The van der Waals surface area contributed by atoms with Gasteiger partial charge in [-0.2, -0.15) is 0 Å². The fourth-order valence-electron chi connectivity index (χ4n) is 7.19. The van der Waals surface area contributed by atoms with Crippen LogP contribution in [0.3, 0.4) is 0 Å². The van der Waals surface area contributed by atoms with Gasteiger partial charge in [-0.1, -0.05) is 198 Å². The quantitative estimate of drug-likeness (QED) is 0.0262. The van der Waals surface area contributed by atoms with E-state index in [1.165, 1.54) is 44.9 Å². The number of unbranched alkanes of at least 4 members (excludes halogenated alkanes) is 10. The molecule has 0 spiro atoms. The van der Waals surface area contributed by atoms with Crippen LogP contribution < -0.4 is 5.32 Å². The molecule has 0 aromatic carbocycles. The number of hydrogen-bond acceptors (Lipinski definition) is 8. The van der Waals surface area contributed by atoms with Crippen molar-refractivity contribution in [1.29, 1.82) is 0 Å². The molecule has 9 heteroatoms. The van der Waals surface area contributed by atoms with Crippen LogP contribution in [0.15, 0.2) is 146 Å². The molecule has 7 atom stereocenters. The minimum absolute atomic E-state index is 0.240. The number of nitrogens with one attached hydrogen (secondary N) is 1. The smallest absolute Gasteiger partial charge is 0.220 e. The molecule has 0 saturated carbocycles. The third kappa shape index (κ3) is 37.6. The van der Waals surface area contributed by atoms with Crippen LogP contribution in [0.1, 0.15) is 168 Å². The van der Waals surface area contributed by atoms with Gasteiger partial charge in [0, 0.05) is 6.42 Å². The molecule has 6 N–H and O–H groups in total. The molecule has 1 heterocycles. The maximum atomic E-state index is 13.0. The topological polar surface area (TPSA) is 149 Å². The Balaban J connectivity index is 2.37. The SMILES string of the molecule is CC/C=C\C/C=C\C/C=C\C/C=C\C/C=C\C/C=C\C/C=C\C/C=C\C/C=C\CCCC(=O)NC(COC1OC(CO)C(O)C(O)C1O)C(O)/C=C/CC/C=C/CC/C=C/CCCCCCCCC. The van der Waals surface area contributed by atoms with Gasteiger partial charge in [0.15, 0.2) is 6.29 Å². The number of allylic oxidation sites excluding steroid dienone is 23. The van der Waals surface area contributed by atoms with Gasteiger partial charge < -0.3 is 40.3 Å². The van der Waals surface area contributed by atoms with Crippen LogP contribution in [0, 0.1) is 0 Å². The van der Waals surface area contributed by atoms with Gasteiger partial charge in [-0.15, -0.1) is 0 Å². The fourth-order valence-corrected chi connectivity index (χ4v) is 7.19. The number of aliphatic hydroxyl groups excluding tert-OH is 5. The van der Waals surface area contributed by atoms with Crippen LogP contribution in [0.4, 0.5) is 0 Å². The second-order valence-corrected chi connectivity index (χ2v) is 17.6. The zero-order chi connectivity index (χ0) is 50.1. The highest BCUT2D eigenvalue weighted by Gasteiger charge is 2.44. The maximum absolute atomic E-state index is 13.0. The largest absolute Gasteiger partial charge is 0.394 e. The van der Waals surface area contributed by atoms with E-state index in [0.717, 1.165) is 89.9 Å². The van der Waals surface area contributed by atoms with Gasteiger partial charge >= 0.3 is 0 Å². The molecule has 69 heavy (non-hydrogen) atoms. The van der Waals surface area contributed by atoms with Crippen molar-refractivity contribution in [1.82, 2.24) is 5.32 Å². The predicted molar refractivity (Wildman–Crippen MR) is 289 cm³/mol. The molecule has 0 radical (unpaired) electrons. The summed E-state index contributed by atoms with van der Waals surface area (Å²) in [7, 11) is 0. The Labute approximate surface area is 419 Å². The lowest BCUT2D eigenvalue weighted by Crippen LogP contribution is -2.60. The van der Waals surface area contributed by atoms with E-state index in [0.29, 0.717) is 12.8 Å². The molecule has 1 fully saturated rings. The summed E-state index contributed by atoms with van der Waals surface area (Å²) in [6, 6.07) is -0.871. The first-order valence-electron chi connectivity index (χ1n) is 26.6. The van der Waals surface area contributed by atoms with Crippen molar-refractivity contribution in [3.63, 3.8) is 0 Å². The lowest BCUT2D eigenvalue weighted by molar-refractivity contribution is -0.302. The van der Waals surface area contributed by atoms with E-state index in [1.807, 2.05) is 6.08 Å². The normalized spacial score (nSPS) is 20.7. The standard InChI is InChI=1S/C60H95NO8/c1-3-5-7-9-11-13-15-17-19-21-22-23-24-25-26-27-28-29-30-31-32-34-36-38-40-42-44-46-48-50-56(64)61-53(52-68-60-59(67)58(66)57(65)55(51-62)69-60)54(63)49-47-45-43-41-39-37-35-33-20-18-16-14-12-10-8-6-4-2/h5,7,11,13,17,19-20,22-23,25-26,28-29,31-33,36,38-39,41-42,44,47,49,53-55,57-60,62-63,65-67H,3-4,6,8-10,12,14-16,18,21,24,27,30,34-35,37,40,43,45-46,48,50-52H2,1-2H3,(H,61,64)/b7-5-,13-11-,19-17-,23-22-,26-25-,29-28-,32-31-,33-20+,38-36-,41-39+,44-42-,49-47+. The molecular formula is C60H95NO8. The molecule has 1 aliphatic rings. The highest BCUT2D eigenvalue weighted by Crippen LogP contribution is 2.22. The Morgan fingerprint density at radius 3 is 1.39 bits per heavy atom. The summed E-state index contributed by atoms with van der Waals surface area (Å²) < 4.78 is 11.2. The molecular weight excluding hydrogens is 863 g/mol.